The van der Waals surface area contributed by atoms with Gasteiger partial charge in [0.2, 0.25) is 0 Å². The number of benzene rings is 1. The second-order valence-electron chi connectivity index (χ2n) is 8.40. The normalized spacial score (nSPS) is 14.9. The van der Waals surface area contributed by atoms with Crippen LogP contribution in [-0.2, 0) is 4.79 Å². The maximum Gasteiger partial charge on any atom is 0.299 e. The van der Waals surface area contributed by atoms with Gasteiger partial charge in [-0.05, 0) is 50.3 Å². The van der Waals surface area contributed by atoms with E-state index in [0.29, 0.717) is 41.5 Å². The Hall–Kier alpha value is -4.85. The van der Waals surface area contributed by atoms with E-state index in [1.165, 1.54) is 13.3 Å². The summed E-state index contributed by atoms with van der Waals surface area (Å²) in [6.07, 6.45) is 3.86. The van der Waals surface area contributed by atoms with Gasteiger partial charge in [0, 0.05) is 29.9 Å². The number of aromatic nitrogens is 3. The second kappa shape index (κ2) is 10.8. The number of nitrogens with two attached hydrogens (primary N) is 2. The Labute approximate surface area is 213 Å². The van der Waals surface area contributed by atoms with Crippen molar-refractivity contribution in [1.29, 1.82) is 0 Å². The van der Waals surface area contributed by atoms with E-state index in [1.807, 2.05) is 0 Å². The summed E-state index contributed by atoms with van der Waals surface area (Å²) in [5.41, 5.74) is 6.84. The van der Waals surface area contributed by atoms with E-state index < -0.39 is 11.9 Å². The van der Waals surface area contributed by atoms with E-state index in [1.54, 1.807) is 48.2 Å². The molecule has 1 aromatic carbocycles. The van der Waals surface area contributed by atoms with Gasteiger partial charge in [-0.15, -0.1) is 0 Å². The van der Waals surface area contributed by atoms with Gasteiger partial charge in [-0.1, -0.05) is 18.1 Å². The Bertz CT molecular complexity index is 1400. The molecule has 1 fully saturated rings. The molecule has 1 atom stereocenters. The zero-order chi connectivity index (χ0) is 26.5. The Balaban J connectivity index is 1.64. The molecule has 1 aliphatic rings. The number of nitrogens with zero attached hydrogens (tertiary/aromatic N) is 4. The minimum Gasteiger partial charge on any atom is -0.497 e. The fraction of sp³-hybridized carbons (Fsp3) is 0.269. The number of hydrogen-bond donors (Lipinski definition) is 3. The zero-order valence-electron chi connectivity index (χ0n) is 20.5. The van der Waals surface area contributed by atoms with Crippen LogP contribution in [0.15, 0.2) is 42.6 Å². The monoisotopic (exact) mass is 501 g/mol. The Morgan fingerprint density at radius 3 is 2.59 bits per heavy atom. The minimum absolute atomic E-state index is 0.00679. The highest BCUT2D eigenvalue weighted by atomic mass is 16.5. The number of hydrogen-bond acceptors (Lipinski definition) is 7. The number of rotatable bonds is 6. The number of ether oxygens (including phenoxy) is 1. The highest BCUT2D eigenvalue weighted by molar-refractivity contribution is 6.04. The Morgan fingerprint density at radius 1 is 1.16 bits per heavy atom. The third-order valence-electron chi connectivity index (χ3n) is 6.09. The maximum atomic E-state index is 12.7. The summed E-state index contributed by atoms with van der Waals surface area (Å²) < 4.78 is 6.30. The molecule has 0 saturated carbocycles. The van der Waals surface area contributed by atoms with Crippen molar-refractivity contribution in [3.05, 3.63) is 59.7 Å². The number of pyridine rings is 1. The molecule has 0 bridgehead atoms. The predicted octanol–water partition coefficient (Wildman–Crippen LogP) is 2.10. The molecule has 0 aliphatic carbocycles. The number of likely N-dealkylation sites (tertiary alicyclic amines) is 1. The van der Waals surface area contributed by atoms with Crippen molar-refractivity contribution in [2.75, 3.05) is 24.8 Å². The molecule has 1 aliphatic heterocycles. The van der Waals surface area contributed by atoms with E-state index >= 15 is 0 Å². The van der Waals surface area contributed by atoms with Crippen molar-refractivity contribution in [3.8, 4) is 28.8 Å². The Morgan fingerprint density at radius 2 is 1.92 bits per heavy atom. The highest BCUT2D eigenvalue weighted by Crippen LogP contribution is 2.33. The van der Waals surface area contributed by atoms with Gasteiger partial charge < -0.3 is 26.5 Å². The number of anilines is 1. The van der Waals surface area contributed by atoms with E-state index in [0.717, 1.165) is 17.5 Å². The van der Waals surface area contributed by atoms with Gasteiger partial charge in [0.1, 0.15) is 17.3 Å². The van der Waals surface area contributed by atoms with Gasteiger partial charge in [0.05, 0.1) is 13.2 Å². The fourth-order valence-corrected chi connectivity index (χ4v) is 4.32. The van der Waals surface area contributed by atoms with E-state index in [-0.39, 0.29) is 23.2 Å². The average Bonchev–Trinajstić information content (AvgIpc) is 3.26. The van der Waals surface area contributed by atoms with Crippen LogP contribution in [0.2, 0.25) is 0 Å². The van der Waals surface area contributed by atoms with Gasteiger partial charge in [0.25, 0.3) is 17.7 Å². The Kier molecular flexibility index (Phi) is 7.39. The summed E-state index contributed by atoms with van der Waals surface area (Å²) in [6.45, 7) is 2.11. The number of piperidine rings is 1. The lowest BCUT2D eigenvalue weighted by molar-refractivity contribution is -0.129. The number of nitrogen functional groups attached to an aromatic ring is 1. The van der Waals surface area contributed by atoms with Crippen molar-refractivity contribution >= 4 is 23.5 Å². The van der Waals surface area contributed by atoms with Crippen LogP contribution in [0.1, 0.15) is 58.9 Å². The minimum atomic E-state index is -0.760. The van der Waals surface area contributed by atoms with Crippen LogP contribution < -0.4 is 21.6 Å². The highest BCUT2D eigenvalue weighted by Gasteiger charge is 2.33. The lowest BCUT2D eigenvalue weighted by atomic mass is 10.0. The molecular weight excluding hydrogens is 474 g/mol. The van der Waals surface area contributed by atoms with Crippen LogP contribution in [0.25, 0.3) is 11.3 Å². The van der Waals surface area contributed by atoms with Crippen molar-refractivity contribution in [1.82, 2.24) is 19.5 Å². The molecule has 37 heavy (non-hydrogen) atoms. The van der Waals surface area contributed by atoms with Gasteiger partial charge in [0.15, 0.2) is 11.5 Å². The maximum absolute atomic E-state index is 12.7. The zero-order valence-corrected chi connectivity index (χ0v) is 20.5. The molecular formula is C26H27N7O4. The van der Waals surface area contributed by atoms with Gasteiger partial charge in [-0.25, -0.2) is 14.6 Å². The van der Waals surface area contributed by atoms with E-state index in [2.05, 4.69) is 27.1 Å². The molecule has 11 heteroatoms. The lowest BCUT2D eigenvalue weighted by Crippen LogP contribution is -2.40. The first-order chi connectivity index (χ1) is 17.8. The largest absolute Gasteiger partial charge is 0.497 e. The number of carbonyl (C=O) groups is 3. The van der Waals surface area contributed by atoms with Crippen LogP contribution >= 0.6 is 0 Å². The summed E-state index contributed by atoms with van der Waals surface area (Å²) in [5.74, 6) is 11.3. The summed E-state index contributed by atoms with van der Waals surface area (Å²) >= 11 is 0. The quantitative estimate of drug-likeness (QED) is 0.344. The molecule has 11 nitrogen and oxygen atoms in total. The average molecular weight is 502 g/mol. The first kappa shape index (κ1) is 25.2. The SMILES string of the molecule is CC#CC(=O)N1CCCCC1c1nc(-c2ccc(C(=O)Nc3cc(OC)ccn3)cc2)c(C(N)=O)n1N. The van der Waals surface area contributed by atoms with Crippen LogP contribution in [0.3, 0.4) is 0 Å². The molecule has 3 amide bonds. The number of carbonyl (C=O) groups excluding carboxylic acids is 3. The topological polar surface area (TPSA) is 158 Å². The number of nitrogens with one attached hydrogen (secondary N) is 1. The van der Waals surface area contributed by atoms with Crippen LogP contribution in [-0.4, -0.2) is 50.9 Å². The third-order valence-corrected chi connectivity index (χ3v) is 6.09. The molecule has 0 radical (unpaired) electrons. The standard InChI is InChI=1S/C26H27N7O4/c1-3-6-21(34)32-14-5-4-7-19(32)25-31-22(23(24(27)35)33(25)28)16-8-10-17(11-9-16)26(36)30-20-15-18(37-2)12-13-29-20/h8-13,15,19H,4-5,7,14,28H2,1-2H3,(H2,27,35)(H,29,30,36). The fourth-order valence-electron chi connectivity index (χ4n) is 4.32. The number of imidazole rings is 1. The van der Waals surface area contributed by atoms with Crippen molar-refractivity contribution < 1.29 is 19.1 Å². The van der Waals surface area contributed by atoms with Crippen LogP contribution in [0, 0.1) is 11.8 Å². The first-order valence-electron chi connectivity index (χ1n) is 11.7. The van der Waals surface area contributed by atoms with Gasteiger partial charge in [-0.3, -0.25) is 14.4 Å². The second-order valence-corrected chi connectivity index (χ2v) is 8.40. The molecule has 3 heterocycles. The molecule has 0 spiro atoms. The molecule has 1 unspecified atom stereocenters. The smallest absolute Gasteiger partial charge is 0.299 e. The summed E-state index contributed by atoms with van der Waals surface area (Å²) in [5, 5.41) is 2.71. The van der Waals surface area contributed by atoms with E-state index in [4.69, 9.17) is 16.3 Å². The van der Waals surface area contributed by atoms with Gasteiger partial charge >= 0.3 is 0 Å². The number of primary amides is 1. The molecule has 190 valence electrons. The molecule has 4 rings (SSSR count). The van der Waals surface area contributed by atoms with Gasteiger partial charge in [-0.2, -0.15) is 0 Å². The summed E-state index contributed by atoms with van der Waals surface area (Å²) in [7, 11) is 1.52. The summed E-state index contributed by atoms with van der Waals surface area (Å²) in [4.78, 5) is 48.0. The van der Waals surface area contributed by atoms with Crippen molar-refractivity contribution in [3.63, 3.8) is 0 Å². The molecule has 3 aromatic rings. The third kappa shape index (κ3) is 5.23. The molecule has 2 aromatic heterocycles. The van der Waals surface area contributed by atoms with E-state index in [9.17, 15) is 14.4 Å². The van der Waals surface area contributed by atoms with Crippen LogP contribution in [0.5, 0.6) is 5.75 Å². The predicted molar refractivity (Wildman–Crippen MR) is 137 cm³/mol. The summed E-state index contributed by atoms with van der Waals surface area (Å²) in [6, 6.07) is 9.32. The molecule has 1 saturated heterocycles. The number of methoxy groups -OCH3 is 1. The molecule has 5 N–H and O–H groups in total. The lowest BCUT2D eigenvalue weighted by Gasteiger charge is -2.33. The van der Waals surface area contributed by atoms with Crippen molar-refractivity contribution in [2.24, 2.45) is 5.73 Å². The van der Waals surface area contributed by atoms with Crippen molar-refractivity contribution in [2.45, 2.75) is 32.2 Å². The number of amides is 3. The first-order valence-corrected chi connectivity index (χ1v) is 11.7. The van der Waals surface area contributed by atoms with Crippen LogP contribution in [0.4, 0.5) is 5.82 Å².